The Labute approximate surface area is 146 Å². The van der Waals surface area contributed by atoms with Crippen molar-refractivity contribution in [2.75, 3.05) is 39.1 Å². The number of methoxy groups -OCH3 is 1. The number of aromatic nitrogens is 2. The molecule has 1 saturated heterocycles. The van der Waals surface area contributed by atoms with Gasteiger partial charge in [0.25, 0.3) is 5.56 Å². The highest BCUT2D eigenvalue weighted by molar-refractivity contribution is 7.99. The molecule has 0 amide bonds. The highest BCUT2D eigenvalue weighted by Gasteiger charge is 2.21. The second kappa shape index (κ2) is 9.19. The first kappa shape index (κ1) is 19.0. The quantitative estimate of drug-likeness (QED) is 0.442. The Morgan fingerprint density at radius 2 is 2.38 bits per heavy atom. The Hall–Kier alpha value is -1.38. The van der Waals surface area contributed by atoms with Crippen LogP contribution in [-0.2, 0) is 20.7 Å². The Kier molecular flexibility index (Phi) is 7.26. The third-order valence-corrected chi connectivity index (χ3v) is 4.58. The second-order valence-electron chi connectivity index (χ2n) is 6.25. The lowest BCUT2D eigenvalue weighted by atomic mass is 10.2. The van der Waals surface area contributed by atoms with Crippen LogP contribution in [0.15, 0.2) is 16.0 Å². The number of rotatable bonds is 7. The Morgan fingerprint density at radius 3 is 3.08 bits per heavy atom. The molecule has 1 aliphatic rings. The van der Waals surface area contributed by atoms with Crippen LogP contribution < -0.4 is 5.56 Å². The van der Waals surface area contributed by atoms with E-state index in [2.05, 4.69) is 33.5 Å². The lowest BCUT2D eigenvalue weighted by molar-refractivity contribution is -0.139. The normalized spacial score (nSPS) is 18.8. The third-order valence-electron chi connectivity index (χ3n) is 3.58. The maximum atomic E-state index is 11.7. The number of carbonyl (C=O) groups is 1. The molecule has 0 saturated carbocycles. The average Bonchev–Trinajstić information content (AvgIpc) is 2.52. The van der Waals surface area contributed by atoms with E-state index in [9.17, 15) is 9.59 Å². The fourth-order valence-corrected chi connectivity index (χ4v) is 3.50. The maximum absolute atomic E-state index is 11.7. The summed E-state index contributed by atoms with van der Waals surface area (Å²) in [6.07, 6.45) is 0.104. The van der Waals surface area contributed by atoms with E-state index in [1.807, 2.05) is 0 Å². The van der Waals surface area contributed by atoms with Gasteiger partial charge in [-0.05, 0) is 5.92 Å². The first-order chi connectivity index (χ1) is 11.5. The smallest absolute Gasteiger partial charge is 0.311 e. The molecule has 2 heterocycles. The molecule has 1 atom stereocenters. The first-order valence-corrected chi connectivity index (χ1v) is 9.08. The monoisotopic (exact) mass is 355 g/mol. The number of morpholine rings is 1. The zero-order valence-electron chi connectivity index (χ0n) is 14.4. The SMILES string of the molecule is COC(=O)Cc1cc(=O)[nH]c(SC[C@H]2CN(CC(C)C)CCO2)n1. The van der Waals surface area contributed by atoms with Crippen molar-refractivity contribution in [3.05, 3.63) is 22.1 Å². The van der Waals surface area contributed by atoms with E-state index < -0.39 is 5.97 Å². The van der Waals surface area contributed by atoms with E-state index in [4.69, 9.17) is 4.74 Å². The summed E-state index contributed by atoms with van der Waals surface area (Å²) in [6, 6.07) is 1.32. The number of ether oxygens (including phenoxy) is 2. The van der Waals surface area contributed by atoms with Crippen molar-refractivity contribution in [1.29, 1.82) is 0 Å². The van der Waals surface area contributed by atoms with Gasteiger partial charge in [0.05, 0.1) is 31.9 Å². The number of H-pyrrole nitrogens is 1. The summed E-state index contributed by atoms with van der Waals surface area (Å²) < 4.78 is 10.4. The molecule has 1 aliphatic heterocycles. The van der Waals surface area contributed by atoms with Gasteiger partial charge in [-0.25, -0.2) is 4.98 Å². The molecule has 1 fully saturated rings. The Bertz CT molecular complexity index is 605. The minimum atomic E-state index is -0.413. The lowest BCUT2D eigenvalue weighted by Gasteiger charge is -2.33. The van der Waals surface area contributed by atoms with Crippen LogP contribution in [0.5, 0.6) is 0 Å². The molecule has 1 aromatic rings. The number of nitrogens with zero attached hydrogens (tertiary/aromatic N) is 2. The van der Waals surface area contributed by atoms with Crippen LogP contribution in [-0.4, -0.2) is 66.0 Å². The number of nitrogens with one attached hydrogen (secondary N) is 1. The van der Waals surface area contributed by atoms with Gasteiger partial charge in [-0.15, -0.1) is 0 Å². The minimum Gasteiger partial charge on any atom is -0.469 e. The van der Waals surface area contributed by atoms with Crippen molar-refractivity contribution in [2.45, 2.75) is 31.5 Å². The van der Waals surface area contributed by atoms with Gasteiger partial charge in [0, 0.05) is 31.5 Å². The summed E-state index contributed by atoms with van der Waals surface area (Å²) in [4.78, 5) is 32.4. The van der Waals surface area contributed by atoms with Crippen molar-refractivity contribution in [2.24, 2.45) is 5.92 Å². The Balaban J connectivity index is 1.91. The van der Waals surface area contributed by atoms with Gasteiger partial charge in [0.2, 0.25) is 0 Å². The van der Waals surface area contributed by atoms with Crippen molar-refractivity contribution in [1.82, 2.24) is 14.9 Å². The van der Waals surface area contributed by atoms with Crippen molar-refractivity contribution < 1.29 is 14.3 Å². The molecule has 134 valence electrons. The molecule has 1 N–H and O–H groups in total. The number of esters is 1. The van der Waals surface area contributed by atoms with Crippen molar-refractivity contribution >= 4 is 17.7 Å². The highest BCUT2D eigenvalue weighted by atomic mass is 32.2. The van der Waals surface area contributed by atoms with Crippen LogP contribution in [0.3, 0.4) is 0 Å². The van der Waals surface area contributed by atoms with Crippen LogP contribution >= 0.6 is 11.8 Å². The molecule has 0 unspecified atom stereocenters. The molecular weight excluding hydrogens is 330 g/mol. The third kappa shape index (κ3) is 6.26. The first-order valence-electron chi connectivity index (χ1n) is 8.10. The zero-order chi connectivity index (χ0) is 17.5. The number of hydrogen-bond donors (Lipinski definition) is 1. The van der Waals surface area contributed by atoms with E-state index >= 15 is 0 Å². The summed E-state index contributed by atoms with van der Waals surface area (Å²) in [5, 5.41) is 0.506. The van der Waals surface area contributed by atoms with Gasteiger partial charge in [-0.2, -0.15) is 0 Å². The van der Waals surface area contributed by atoms with Gasteiger partial charge >= 0.3 is 5.97 Å². The van der Waals surface area contributed by atoms with Gasteiger partial charge in [0.1, 0.15) is 0 Å². The van der Waals surface area contributed by atoms with Crippen LogP contribution in [0.25, 0.3) is 0 Å². The predicted octanol–water partition coefficient (Wildman–Crippen LogP) is 0.934. The fourth-order valence-electron chi connectivity index (χ4n) is 2.60. The predicted molar refractivity (Wildman–Crippen MR) is 92.3 cm³/mol. The van der Waals surface area contributed by atoms with Crippen LogP contribution in [0, 0.1) is 5.92 Å². The molecule has 8 heteroatoms. The van der Waals surface area contributed by atoms with E-state index in [1.165, 1.54) is 24.9 Å². The van der Waals surface area contributed by atoms with Gasteiger partial charge < -0.3 is 14.5 Å². The summed E-state index contributed by atoms with van der Waals surface area (Å²) in [5.74, 6) is 0.924. The van der Waals surface area contributed by atoms with Crippen LogP contribution in [0.1, 0.15) is 19.5 Å². The molecule has 24 heavy (non-hydrogen) atoms. The molecule has 0 aliphatic carbocycles. The largest absolute Gasteiger partial charge is 0.469 e. The van der Waals surface area contributed by atoms with E-state index in [1.54, 1.807) is 0 Å². The summed E-state index contributed by atoms with van der Waals surface area (Å²) in [6.45, 7) is 8.06. The van der Waals surface area contributed by atoms with E-state index in [0.29, 0.717) is 22.5 Å². The van der Waals surface area contributed by atoms with Gasteiger partial charge in [-0.3, -0.25) is 14.5 Å². The molecule has 1 aromatic heterocycles. The molecule has 0 aromatic carbocycles. The van der Waals surface area contributed by atoms with E-state index in [-0.39, 0.29) is 18.1 Å². The van der Waals surface area contributed by atoms with Crippen molar-refractivity contribution in [3.8, 4) is 0 Å². The molecule has 0 radical (unpaired) electrons. The molecule has 7 nitrogen and oxygen atoms in total. The number of aromatic amines is 1. The fraction of sp³-hybridized carbons (Fsp3) is 0.688. The summed E-state index contributed by atoms with van der Waals surface area (Å²) in [5.41, 5.74) is 0.150. The second-order valence-corrected chi connectivity index (χ2v) is 7.26. The summed E-state index contributed by atoms with van der Waals surface area (Å²) >= 11 is 1.44. The molecular formula is C16H25N3O4S. The lowest BCUT2D eigenvalue weighted by Crippen LogP contribution is -2.44. The van der Waals surface area contributed by atoms with Gasteiger partial charge in [-0.1, -0.05) is 25.6 Å². The highest BCUT2D eigenvalue weighted by Crippen LogP contribution is 2.17. The molecule has 0 spiro atoms. The standard InChI is InChI=1S/C16H25N3O4S/c1-11(2)8-19-4-5-23-13(9-19)10-24-16-17-12(6-14(20)18-16)7-15(21)22-3/h6,11,13H,4-5,7-10H2,1-3H3,(H,17,18,20)/t13-/m1/s1. The topological polar surface area (TPSA) is 84.5 Å². The average molecular weight is 355 g/mol. The number of hydrogen-bond acceptors (Lipinski definition) is 7. The molecule has 2 rings (SSSR count). The summed E-state index contributed by atoms with van der Waals surface area (Å²) in [7, 11) is 1.31. The van der Waals surface area contributed by atoms with Crippen LogP contribution in [0.2, 0.25) is 0 Å². The van der Waals surface area contributed by atoms with E-state index in [0.717, 1.165) is 26.2 Å². The number of thioether (sulfide) groups is 1. The Morgan fingerprint density at radius 1 is 1.58 bits per heavy atom. The van der Waals surface area contributed by atoms with Crippen molar-refractivity contribution in [3.63, 3.8) is 0 Å². The maximum Gasteiger partial charge on any atom is 0.311 e. The van der Waals surface area contributed by atoms with Crippen LogP contribution in [0.4, 0.5) is 0 Å². The van der Waals surface area contributed by atoms with Gasteiger partial charge in [0.15, 0.2) is 5.16 Å². The molecule has 0 bridgehead atoms. The minimum absolute atomic E-state index is 0.00389. The number of carbonyl (C=O) groups excluding carboxylic acids is 1. The zero-order valence-corrected chi connectivity index (χ0v) is 15.2.